The number of hydrogen-bond acceptors (Lipinski definition) is 3. The largest absolute Gasteiger partial charge is 0.281 e. The molecule has 2 rings (SSSR count). The highest BCUT2D eigenvalue weighted by molar-refractivity contribution is 7.12. The zero-order valence-electron chi connectivity index (χ0n) is 9.38. The second-order valence-electron chi connectivity index (χ2n) is 3.48. The first-order valence-corrected chi connectivity index (χ1v) is 6.09. The smallest absolute Gasteiger partial charge is 0.266 e. The predicted octanol–water partition coefficient (Wildman–Crippen LogP) is 2.90. The molecule has 0 aliphatic rings. The lowest BCUT2D eigenvalue weighted by Crippen LogP contribution is -2.18. The van der Waals surface area contributed by atoms with Crippen molar-refractivity contribution in [2.24, 2.45) is 5.10 Å². The van der Waals surface area contributed by atoms with E-state index in [0.29, 0.717) is 4.88 Å². The molecule has 86 valence electrons. The lowest BCUT2D eigenvalue weighted by atomic mass is 10.1. The van der Waals surface area contributed by atoms with Crippen LogP contribution in [-0.4, -0.2) is 11.6 Å². The second-order valence-corrected chi connectivity index (χ2v) is 4.43. The fraction of sp³-hybridized carbons (Fsp3) is 0.0769. The third kappa shape index (κ3) is 3.01. The molecule has 17 heavy (non-hydrogen) atoms. The van der Waals surface area contributed by atoms with Gasteiger partial charge in [0.15, 0.2) is 0 Å². The van der Waals surface area contributed by atoms with E-state index in [-0.39, 0.29) is 5.91 Å². The first-order valence-electron chi connectivity index (χ1n) is 5.21. The topological polar surface area (TPSA) is 41.5 Å². The van der Waals surface area contributed by atoms with Crippen LogP contribution in [0.15, 0.2) is 52.9 Å². The minimum atomic E-state index is -0.171. The van der Waals surface area contributed by atoms with E-state index in [1.54, 1.807) is 6.07 Å². The predicted molar refractivity (Wildman–Crippen MR) is 70.4 cm³/mol. The van der Waals surface area contributed by atoms with E-state index in [1.807, 2.05) is 48.7 Å². The Kier molecular flexibility index (Phi) is 3.67. The van der Waals surface area contributed by atoms with E-state index in [4.69, 9.17) is 0 Å². The third-order valence-electron chi connectivity index (χ3n) is 2.26. The molecule has 0 atom stereocenters. The van der Waals surface area contributed by atoms with Crippen molar-refractivity contribution in [3.8, 4) is 0 Å². The van der Waals surface area contributed by atoms with Gasteiger partial charge < -0.3 is 0 Å². The molecule has 0 radical (unpaired) electrons. The van der Waals surface area contributed by atoms with Crippen LogP contribution in [0.25, 0.3) is 0 Å². The minimum absolute atomic E-state index is 0.171. The summed E-state index contributed by atoms with van der Waals surface area (Å²) in [4.78, 5) is 12.3. The molecular weight excluding hydrogens is 232 g/mol. The molecule has 4 heteroatoms. The molecule has 0 unspecified atom stereocenters. The summed E-state index contributed by atoms with van der Waals surface area (Å²) in [5, 5.41) is 5.94. The van der Waals surface area contributed by atoms with Gasteiger partial charge in [-0.05, 0) is 23.9 Å². The number of carbonyl (C=O) groups excluding carboxylic acids is 1. The molecule has 2 aromatic rings. The Morgan fingerprint density at radius 2 is 1.94 bits per heavy atom. The Hall–Kier alpha value is -1.94. The van der Waals surface area contributed by atoms with Crippen molar-refractivity contribution in [1.29, 1.82) is 0 Å². The number of amides is 1. The molecule has 0 aliphatic carbocycles. The molecule has 0 spiro atoms. The van der Waals surface area contributed by atoms with Gasteiger partial charge in [-0.3, -0.25) is 4.79 Å². The van der Waals surface area contributed by atoms with Crippen LogP contribution in [0.5, 0.6) is 0 Å². The molecule has 0 fully saturated rings. The third-order valence-corrected chi connectivity index (χ3v) is 3.13. The van der Waals surface area contributed by atoms with E-state index < -0.39 is 0 Å². The fourth-order valence-corrected chi connectivity index (χ4v) is 1.95. The van der Waals surface area contributed by atoms with Crippen LogP contribution in [0.4, 0.5) is 0 Å². The number of thiophene rings is 1. The van der Waals surface area contributed by atoms with Gasteiger partial charge in [-0.2, -0.15) is 5.10 Å². The van der Waals surface area contributed by atoms with Crippen molar-refractivity contribution >= 4 is 23.0 Å². The van der Waals surface area contributed by atoms with Gasteiger partial charge in [0.2, 0.25) is 0 Å². The van der Waals surface area contributed by atoms with Crippen LogP contribution in [0.1, 0.15) is 22.2 Å². The SMILES string of the molecule is C/C(=N/NC(=O)c1cccs1)c1ccccc1. The van der Waals surface area contributed by atoms with Gasteiger partial charge >= 0.3 is 0 Å². The van der Waals surface area contributed by atoms with Crippen LogP contribution in [0.3, 0.4) is 0 Å². The van der Waals surface area contributed by atoms with Gasteiger partial charge in [0, 0.05) is 0 Å². The number of nitrogens with zero attached hydrogens (tertiary/aromatic N) is 1. The average molecular weight is 244 g/mol. The molecule has 3 nitrogen and oxygen atoms in total. The average Bonchev–Trinajstić information content (AvgIpc) is 2.90. The number of rotatable bonds is 3. The Labute approximate surface area is 104 Å². The molecule has 1 aromatic carbocycles. The molecule has 1 N–H and O–H groups in total. The molecule has 0 bridgehead atoms. The summed E-state index contributed by atoms with van der Waals surface area (Å²) >= 11 is 1.40. The molecule has 0 aliphatic heterocycles. The van der Waals surface area contributed by atoms with Gasteiger partial charge in [-0.15, -0.1) is 11.3 Å². The lowest BCUT2D eigenvalue weighted by Gasteiger charge is -2.01. The van der Waals surface area contributed by atoms with E-state index in [1.165, 1.54) is 11.3 Å². The molecule has 1 amide bonds. The monoisotopic (exact) mass is 244 g/mol. The maximum Gasteiger partial charge on any atom is 0.281 e. The summed E-state index contributed by atoms with van der Waals surface area (Å²) in [7, 11) is 0. The summed E-state index contributed by atoms with van der Waals surface area (Å²) < 4.78 is 0. The Balaban J connectivity index is 2.04. The van der Waals surface area contributed by atoms with Crippen molar-refractivity contribution in [3.63, 3.8) is 0 Å². The van der Waals surface area contributed by atoms with Gasteiger partial charge in [-0.25, -0.2) is 5.43 Å². The Morgan fingerprint density at radius 1 is 1.18 bits per heavy atom. The molecule has 1 aromatic heterocycles. The van der Waals surface area contributed by atoms with Crippen molar-refractivity contribution in [2.45, 2.75) is 6.92 Å². The van der Waals surface area contributed by atoms with Gasteiger partial charge in [0.05, 0.1) is 10.6 Å². The second kappa shape index (κ2) is 5.41. The fourth-order valence-electron chi connectivity index (χ4n) is 1.34. The summed E-state index contributed by atoms with van der Waals surface area (Å²) in [5.41, 5.74) is 4.33. The van der Waals surface area contributed by atoms with E-state index in [9.17, 15) is 4.79 Å². The van der Waals surface area contributed by atoms with E-state index >= 15 is 0 Å². The lowest BCUT2D eigenvalue weighted by molar-refractivity contribution is 0.0959. The highest BCUT2D eigenvalue weighted by Crippen LogP contribution is 2.07. The van der Waals surface area contributed by atoms with Gasteiger partial charge in [-0.1, -0.05) is 36.4 Å². The number of hydrogen-bond donors (Lipinski definition) is 1. The molecular formula is C13H12N2OS. The first kappa shape index (κ1) is 11.5. The van der Waals surface area contributed by atoms with Crippen LogP contribution in [0, 0.1) is 0 Å². The summed E-state index contributed by atoms with van der Waals surface area (Å²) in [5.74, 6) is -0.171. The van der Waals surface area contributed by atoms with Crippen LogP contribution >= 0.6 is 11.3 Å². The Bertz CT molecular complexity index is 518. The zero-order chi connectivity index (χ0) is 12.1. The summed E-state index contributed by atoms with van der Waals surface area (Å²) in [6.45, 7) is 1.87. The van der Waals surface area contributed by atoms with Crippen molar-refractivity contribution < 1.29 is 4.79 Å². The van der Waals surface area contributed by atoms with Crippen LogP contribution in [-0.2, 0) is 0 Å². The number of carbonyl (C=O) groups is 1. The Morgan fingerprint density at radius 3 is 2.59 bits per heavy atom. The van der Waals surface area contributed by atoms with Crippen molar-refractivity contribution in [2.75, 3.05) is 0 Å². The number of nitrogens with one attached hydrogen (secondary N) is 1. The summed E-state index contributed by atoms with van der Waals surface area (Å²) in [6, 6.07) is 13.3. The first-order chi connectivity index (χ1) is 8.27. The zero-order valence-corrected chi connectivity index (χ0v) is 10.2. The van der Waals surface area contributed by atoms with Gasteiger partial charge in [0.1, 0.15) is 0 Å². The quantitative estimate of drug-likeness (QED) is 0.654. The standard InChI is InChI=1S/C13H12N2OS/c1-10(11-6-3-2-4-7-11)14-15-13(16)12-8-5-9-17-12/h2-9H,1H3,(H,15,16)/b14-10-. The van der Waals surface area contributed by atoms with E-state index in [0.717, 1.165) is 11.3 Å². The number of hydrazone groups is 1. The normalized spacial score (nSPS) is 11.2. The van der Waals surface area contributed by atoms with E-state index in [2.05, 4.69) is 10.5 Å². The maximum absolute atomic E-state index is 11.6. The molecule has 0 saturated carbocycles. The molecule has 0 saturated heterocycles. The van der Waals surface area contributed by atoms with Crippen molar-refractivity contribution in [1.82, 2.24) is 5.43 Å². The highest BCUT2D eigenvalue weighted by Gasteiger charge is 2.04. The maximum atomic E-state index is 11.6. The van der Waals surface area contributed by atoms with Gasteiger partial charge in [0.25, 0.3) is 5.91 Å². The minimum Gasteiger partial charge on any atom is -0.266 e. The van der Waals surface area contributed by atoms with Crippen LogP contribution < -0.4 is 5.43 Å². The number of benzene rings is 1. The van der Waals surface area contributed by atoms with Crippen molar-refractivity contribution in [3.05, 3.63) is 58.3 Å². The van der Waals surface area contributed by atoms with Crippen LogP contribution in [0.2, 0.25) is 0 Å². The molecule has 1 heterocycles. The highest BCUT2D eigenvalue weighted by atomic mass is 32.1. The summed E-state index contributed by atoms with van der Waals surface area (Å²) in [6.07, 6.45) is 0.